The second-order valence-electron chi connectivity index (χ2n) is 7.26. The van der Waals surface area contributed by atoms with E-state index in [0.29, 0.717) is 19.4 Å². The quantitative estimate of drug-likeness (QED) is 0.368. The molecule has 1 aliphatic rings. The molecule has 1 atom stereocenters. The Bertz CT molecular complexity index is 534. The number of amides is 1. The molecule has 0 heterocycles. The maximum atomic E-state index is 12.1. The molecule has 0 fully saturated rings. The maximum Gasteiger partial charge on any atom is 0.407 e. The smallest absolute Gasteiger partial charge is 0.407 e. The van der Waals surface area contributed by atoms with Crippen LogP contribution in [0.4, 0.5) is 4.79 Å². The van der Waals surface area contributed by atoms with Crippen molar-refractivity contribution in [2.45, 2.75) is 64.4 Å². The number of ether oxygens (including phenoxy) is 1. The fourth-order valence-electron chi connectivity index (χ4n) is 2.57. The molecule has 7 heteroatoms. The summed E-state index contributed by atoms with van der Waals surface area (Å²) >= 11 is 6.75. The Morgan fingerprint density at radius 2 is 2.04 bits per heavy atom. The third-order valence-corrected chi connectivity index (χ3v) is 6.57. The number of allylic oxidation sites excluding steroid dienone is 1. The topological polar surface area (TPSA) is 55.4 Å². The van der Waals surface area contributed by atoms with Crippen molar-refractivity contribution in [2.75, 3.05) is 6.54 Å². The van der Waals surface area contributed by atoms with Gasteiger partial charge in [0.05, 0.1) is 3.39 Å². The number of halogens is 2. The van der Waals surface area contributed by atoms with Gasteiger partial charge in [-0.05, 0) is 56.4 Å². The Balaban J connectivity index is 2.63. The molecule has 1 aliphatic carbocycles. The Morgan fingerprint density at radius 1 is 1.38 bits per heavy atom. The molecule has 4 nitrogen and oxygen atoms in total. The van der Waals surface area contributed by atoms with Crippen LogP contribution in [0.5, 0.6) is 0 Å². The van der Waals surface area contributed by atoms with E-state index in [9.17, 15) is 9.59 Å². The molecule has 0 aromatic carbocycles. The predicted molar refractivity (Wildman–Crippen MR) is 109 cm³/mol. The molecule has 1 unspecified atom stereocenters. The lowest BCUT2D eigenvalue weighted by Gasteiger charge is -2.21. The summed E-state index contributed by atoms with van der Waals surface area (Å²) in [5.41, 5.74) is 1.66. The van der Waals surface area contributed by atoms with Crippen LogP contribution in [-0.2, 0) is 9.53 Å². The highest BCUT2D eigenvalue weighted by Crippen LogP contribution is 2.35. The number of alkyl carbamates (subject to hydrolysis) is 1. The lowest BCUT2D eigenvalue weighted by molar-refractivity contribution is -0.113. The van der Waals surface area contributed by atoms with Crippen LogP contribution >= 0.6 is 31.9 Å². The van der Waals surface area contributed by atoms with Gasteiger partial charge < -0.3 is 10.1 Å². The Hall–Kier alpha value is -0.403. The number of hydrogen-bond acceptors (Lipinski definition) is 3. The van der Waals surface area contributed by atoms with E-state index in [0.717, 1.165) is 27.4 Å². The first-order chi connectivity index (χ1) is 11.1. The lowest BCUT2D eigenvalue weighted by Crippen LogP contribution is -2.31. The molecule has 1 N–H and O–H groups in total. The fraction of sp³-hybridized carbons (Fsp3) is 0.647. The predicted octanol–water partition coefficient (Wildman–Crippen LogP) is 5.51. The Morgan fingerprint density at radius 3 is 2.58 bits per heavy atom. The zero-order chi connectivity index (χ0) is 18.3. The van der Waals surface area contributed by atoms with Gasteiger partial charge in [0.2, 0.25) is 0 Å². The van der Waals surface area contributed by atoms with Crippen LogP contribution in [-0.4, -0.2) is 32.6 Å². The highest BCUT2D eigenvalue weighted by molar-refractivity contribution is 9.28. The van der Waals surface area contributed by atoms with Gasteiger partial charge in [-0.25, -0.2) is 4.79 Å². The van der Waals surface area contributed by atoms with Crippen LogP contribution in [0.2, 0.25) is 25.7 Å². The molecule has 1 rings (SSSR count). The van der Waals surface area contributed by atoms with Gasteiger partial charge in [0.25, 0.3) is 0 Å². The summed E-state index contributed by atoms with van der Waals surface area (Å²) in [6.07, 6.45) is 3.67. The van der Waals surface area contributed by atoms with Crippen molar-refractivity contribution < 1.29 is 14.3 Å². The van der Waals surface area contributed by atoms with Crippen molar-refractivity contribution in [3.05, 3.63) is 20.6 Å². The first kappa shape index (κ1) is 21.6. The van der Waals surface area contributed by atoms with E-state index in [4.69, 9.17) is 4.74 Å². The molecule has 24 heavy (non-hydrogen) atoms. The van der Waals surface area contributed by atoms with Gasteiger partial charge in [-0.3, -0.25) is 4.79 Å². The largest absolute Gasteiger partial charge is 0.441 e. The lowest BCUT2D eigenvalue weighted by atomic mass is 10.0. The van der Waals surface area contributed by atoms with Crippen molar-refractivity contribution in [1.82, 2.24) is 5.32 Å². The van der Waals surface area contributed by atoms with Gasteiger partial charge >= 0.3 is 6.09 Å². The van der Waals surface area contributed by atoms with Gasteiger partial charge in [0.1, 0.15) is 6.10 Å². The molecule has 0 aliphatic heterocycles. The number of carbonyl (C=O) groups excluding carboxylic acids is 2. The summed E-state index contributed by atoms with van der Waals surface area (Å²) in [6.45, 7) is 9.62. The molecule has 0 aromatic heterocycles. The molecular formula is C17H27Br2NO3Si. The number of hydrogen-bond donors (Lipinski definition) is 1. The van der Waals surface area contributed by atoms with Crippen molar-refractivity contribution in [2.24, 2.45) is 0 Å². The van der Waals surface area contributed by atoms with E-state index >= 15 is 0 Å². The number of ketones is 1. The minimum atomic E-state index is -1.08. The first-order valence-electron chi connectivity index (χ1n) is 8.37. The van der Waals surface area contributed by atoms with Crippen LogP contribution in [0.15, 0.2) is 20.6 Å². The molecule has 0 spiro atoms. The maximum absolute atomic E-state index is 12.1. The minimum absolute atomic E-state index is 0.0386. The van der Waals surface area contributed by atoms with Gasteiger partial charge in [-0.1, -0.05) is 39.0 Å². The van der Waals surface area contributed by atoms with Crippen LogP contribution in [0, 0.1) is 0 Å². The minimum Gasteiger partial charge on any atom is -0.441 e. The van der Waals surface area contributed by atoms with E-state index in [1.54, 1.807) is 6.08 Å². The third-order valence-electron chi connectivity index (χ3n) is 3.76. The zero-order valence-corrected chi connectivity index (χ0v) is 19.1. The van der Waals surface area contributed by atoms with E-state index in [1.165, 1.54) is 6.04 Å². The average Bonchev–Trinajstić information content (AvgIpc) is 2.84. The van der Waals surface area contributed by atoms with Crippen molar-refractivity contribution in [1.29, 1.82) is 0 Å². The van der Waals surface area contributed by atoms with E-state index < -0.39 is 20.3 Å². The molecule has 0 aromatic rings. The summed E-state index contributed by atoms with van der Waals surface area (Å²) < 4.78 is 6.34. The zero-order valence-electron chi connectivity index (χ0n) is 14.9. The van der Waals surface area contributed by atoms with Crippen molar-refractivity contribution >= 4 is 51.8 Å². The Labute approximate surface area is 162 Å². The highest BCUT2D eigenvalue weighted by atomic mass is 79.9. The number of rotatable bonds is 8. The molecule has 136 valence electrons. The van der Waals surface area contributed by atoms with Gasteiger partial charge in [0.15, 0.2) is 5.78 Å². The van der Waals surface area contributed by atoms with Crippen molar-refractivity contribution in [3.8, 4) is 0 Å². The average molecular weight is 481 g/mol. The Kier molecular flexibility index (Phi) is 8.94. The molecule has 0 bridgehead atoms. The summed E-state index contributed by atoms with van der Waals surface area (Å²) in [7, 11) is -1.08. The van der Waals surface area contributed by atoms with Crippen molar-refractivity contribution in [3.63, 3.8) is 0 Å². The molecule has 0 radical (unpaired) electrons. The summed E-state index contributed by atoms with van der Waals surface area (Å²) in [5, 5.41) is 2.83. The number of carbonyl (C=O) groups is 2. The van der Waals surface area contributed by atoms with Gasteiger partial charge in [0, 0.05) is 26.6 Å². The fourth-order valence-corrected chi connectivity index (χ4v) is 4.55. The SMILES string of the molecule is CCCC(OC(=O)NCCC[Si](C)(C)C)C1=CC(=O)CC1=C(Br)Br. The van der Waals surface area contributed by atoms with Gasteiger partial charge in [-0.2, -0.15) is 0 Å². The third kappa shape index (κ3) is 7.65. The second-order valence-corrected chi connectivity index (χ2v) is 15.5. The molecule has 0 saturated heterocycles. The van der Waals surface area contributed by atoms with Crippen LogP contribution in [0.25, 0.3) is 0 Å². The van der Waals surface area contributed by atoms with Crippen LogP contribution < -0.4 is 5.32 Å². The summed E-state index contributed by atoms with van der Waals surface area (Å²) in [6, 6.07) is 1.18. The van der Waals surface area contributed by atoms with E-state index in [2.05, 4.69) is 56.8 Å². The first-order valence-corrected chi connectivity index (χ1v) is 13.7. The van der Waals surface area contributed by atoms with Crippen LogP contribution in [0.3, 0.4) is 0 Å². The van der Waals surface area contributed by atoms with E-state index in [-0.39, 0.29) is 5.78 Å². The van der Waals surface area contributed by atoms with E-state index in [1.807, 2.05) is 6.92 Å². The van der Waals surface area contributed by atoms with Gasteiger partial charge in [-0.15, -0.1) is 0 Å². The summed E-state index contributed by atoms with van der Waals surface area (Å²) in [4.78, 5) is 23.9. The second kappa shape index (κ2) is 9.92. The monoisotopic (exact) mass is 479 g/mol. The molecule has 1 amide bonds. The molecular weight excluding hydrogens is 454 g/mol. The summed E-state index contributed by atoms with van der Waals surface area (Å²) in [5.74, 6) is 0.0386. The standard InChI is InChI=1S/C17H27Br2NO3Si/c1-5-7-15(13-10-12(21)11-14(13)16(18)19)23-17(22)20-8-6-9-24(2,3)4/h10,15H,5-9,11H2,1-4H3,(H,20,22). The molecule has 0 saturated carbocycles. The highest BCUT2D eigenvalue weighted by Gasteiger charge is 2.29. The van der Waals surface area contributed by atoms with Crippen LogP contribution in [0.1, 0.15) is 32.6 Å². The number of nitrogens with one attached hydrogen (secondary N) is 1. The normalized spacial score (nSPS) is 16.0.